The van der Waals surface area contributed by atoms with Crippen molar-refractivity contribution in [3.05, 3.63) is 35.9 Å². The summed E-state index contributed by atoms with van der Waals surface area (Å²) in [7, 11) is 0. The molecule has 21 heavy (non-hydrogen) atoms. The molecule has 1 rings (SSSR count). The molecule has 1 radical (unpaired) electrons. The van der Waals surface area contributed by atoms with Gasteiger partial charge in [0.05, 0.1) is 6.61 Å². The number of hydrogen-bond donors (Lipinski definition) is 0. The zero-order valence-electron chi connectivity index (χ0n) is 13.7. The molecule has 0 amide bonds. The lowest BCUT2D eigenvalue weighted by Crippen LogP contribution is -1.86. The van der Waals surface area contributed by atoms with Gasteiger partial charge in [-0.2, -0.15) is 0 Å². The molecule has 119 valence electrons. The van der Waals surface area contributed by atoms with E-state index in [0.29, 0.717) is 0 Å². The molecule has 0 aliphatic rings. The molecule has 1 heteroatoms. The minimum Gasteiger partial charge on any atom is -0.237 e. The highest BCUT2D eigenvalue weighted by molar-refractivity contribution is 5.14. The summed E-state index contributed by atoms with van der Waals surface area (Å²) in [6.07, 6.45) is 17.0. The Morgan fingerprint density at radius 3 is 1.43 bits per heavy atom. The summed E-state index contributed by atoms with van der Waals surface area (Å²) in [5.74, 6) is 0. The highest BCUT2D eigenvalue weighted by Gasteiger charge is 1.95. The fourth-order valence-electron chi connectivity index (χ4n) is 2.84. The van der Waals surface area contributed by atoms with E-state index in [9.17, 15) is 5.11 Å². The summed E-state index contributed by atoms with van der Waals surface area (Å²) in [5.41, 5.74) is 1.48. The second kappa shape index (κ2) is 14.1. The largest absolute Gasteiger partial charge is 0.237 e. The standard InChI is InChI=1S/C20H33O/c21-19-15-10-8-6-4-2-1-3-5-7-9-12-16-20-17-13-11-14-18-20/h11,13-14,17-18H,1-10,12,15-16,19H2. The van der Waals surface area contributed by atoms with E-state index in [1.165, 1.54) is 76.2 Å². The average Bonchev–Trinajstić information content (AvgIpc) is 2.53. The van der Waals surface area contributed by atoms with Crippen molar-refractivity contribution < 1.29 is 5.11 Å². The second-order valence-electron chi connectivity index (χ2n) is 6.18. The van der Waals surface area contributed by atoms with E-state index >= 15 is 0 Å². The van der Waals surface area contributed by atoms with Gasteiger partial charge in [0.15, 0.2) is 0 Å². The Kier molecular flexibility index (Phi) is 12.3. The van der Waals surface area contributed by atoms with Crippen LogP contribution in [0.1, 0.15) is 82.6 Å². The molecule has 0 atom stereocenters. The molecular weight excluding hydrogens is 256 g/mol. The van der Waals surface area contributed by atoms with Gasteiger partial charge in [-0.05, 0) is 24.8 Å². The van der Waals surface area contributed by atoms with Crippen molar-refractivity contribution in [1.82, 2.24) is 0 Å². The first kappa shape index (κ1) is 18.2. The third-order valence-electron chi connectivity index (χ3n) is 4.20. The summed E-state index contributed by atoms with van der Waals surface area (Å²) in [6.45, 7) is 0.115. The van der Waals surface area contributed by atoms with Gasteiger partial charge in [0.1, 0.15) is 0 Å². The van der Waals surface area contributed by atoms with Crippen LogP contribution in [-0.4, -0.2) is 6.61 Å². The molecule has 0 aromatic heterocycles. The van der Waals surface area contributed by atoms with E-state index in [-0.39, 0.29) is 6.61 Å². The van der Waals surface area contributed by atoms with E-state index in [1.807, 2.05) is 0 Å². The van der Waals surface area contributed by atoms with Gasteiger partial charge in [0, 0.05) is 0 Å². The summed E-state index contributed by atoms with van der Waals surface area (Å²) in [6, 6.07) is 10.8. The molecule has 0 saturated heterocycles. The van der Waals surface area contributed by atoms with Crippen LogP contribution >= 0.6 is 0 Å². The lowest BCUT2D eigenvalue weighted by Gasteiger charge is -2.03. The smallest absolute Gasteiger partial charge is 0.0822 e. The van der Waals surface area contributed by atoms with Crippen molar-refractivity contribution in [1.29, 1.82) is 0 Å². The minimum absolute atomic E-state index is 0.115. The Hall–Kier alpha value is -0.820. The Morgan fingerprint density at radius 2 is 0.952 bits per heavy atom. The maximum atomic E-state index is 10.3. The summed E-state index contributed by atoms with van der Waals surface area (Å²) in [5, 5.41) is 10.3. The lowest BCUT2D eigenvalue weighted by atomic mass is 10.0. The fourth-order valence-corrected chi connectivity index (χ4v) is 2.84. The SMILES string of the molecule is [O]CCCCCCCCCCCCCCc1ccccc1. The number of unbranched alkanes of at least 4 members (excludes halogenated alkanes) is 11. The maximum absolute atomic E-state index is 10.3. The van der Waals surface area contributed by atoms with Crippen molar-refractivity contribution >= 4 is 0 Å². The quantitative estimate of drug-likeness (QED) is 0.356. The minimum atomic E-state index is 0.115. The lowest BCUT2D eigenvalue weighted by molar-refractivity contribution is 0.186. The van der Waals surface area contributed by atoms with Gasteiger partial charge in [-0.3, -0.25) is 0 Å². The second-order valence-corrected chi connectivity index (χ2v) is 6.18. The zero-order valence-corrected chi connectivity index (χ0v) is 13.7. The van der Waals surface area contributed by atoms with Gasteiger partial charge < -0.3 is 0 Å². The van der Waals surface area contributed by atoms with Gasteiger partial charge in [-0.15, -0.1) is 0 Å². The van der Waals surface area contributed by atoms with E-state index in [4.69, 9.17) is 0 Å². The summed E-state index contributed by atoms with van der Waals surface area (Å²) < 4.78 is 0. The highest BCUT2D eigenvalue weighted by Crippen LogP contribution is 2.13. The van der Waals surface area contributed by atoms with E-state index < -0.39 is 0 Å². The fraction of sp³-hybridized carbons (Fsp3) is 0.700. The van der Waals surface area contributed by atoms with Gasteiger partial charge in [0.25, 0.3) is 0 Å². The summed E-state index contributed by atoms with van der Waals surface area (Å²) in [4.78, 5) is 0. The monoisotopic (exact) mass is 289 g/mol. The van der Waals surface area contributed by atoms with Crippen LogP contribution in [0.15, 0.2) is 30.3 Å². The van der Waals surface area contributed by atoms with Crippen LogP contribution in [0.25, 0.3) is 0 Å². The normalized spacial score (nSPS) is 10.9. The average molecular weight is 289 g/mol. The molecule has 0 spiro atoms. The highest BCUT2D eigenvalue weighted by atomic mass is 16.2. The molecule has 1 aromatic rings. The number of aryl methyl sites for hydroxylation is 1. The van der Waals surface area contributed by atoms with E-state index in [2.05, 4.69) is 30.3 Å². The molecule has 1 aromatic carbocycles. The summed E-state index contributed by atoms with van der Waals surface area (Å²) >= 11 is 0. The predicted octanol–water partition coefficient (Wildman–Crippen LogP) is 6.34. The predicted molar refractivity (Wildman–Crippen MR) is 91.1 cm³/mol. The molecule has 0 aliphatic carbocycles. The van der Waals surface area contributed by atoms with Crippen LogP contribution in [0.3, 0.4) is 0 Å². The van der Waals surface area contributed by atoms with Crippen LogP contribution in [0.5, 0.6) is 0 Å². The maximum Gasteiger partial charge on any atom is 0.0822 e. The van der Waals surface area contributed by atoms with E-state index in [1.54, 1.807) is 0 Å². The third-order valence-corrected chi connectivity index (χ3v) is 4.20. The van der Waals surface area contributed by atoms with Crippen molar-refractivity contribution in [2.45, 2.75) is 83.5 Å². The van der Waals surface area contributed by atoms with Gasteiger partial charge >= 0.3 is 0 Å². The Labute approximate surface area is 131 Å². The van der Waals surface area contributed by atoms with Crippen molar-refractivity contribution in [2.24, 2.45) is 0 Å². The molecule has 0 heterocycles. The number of benzene rings is 1. The van der Waals surface area contributed by atoms with Gasteiger partial charge in [0.2, 0.25) is 0 Å². The zero-order chi connectivity index (χ0) is 15.0. The molecular formula is C20H33O. The van der Waals surface area contributed by atoms with E-state index in [0.717, 1.165) is 12.8 Å². The molecule has 0 bridgehead atoms. The Bertz CT molecular complexity index is 307. The third kappa shape index (κ3) is 11.5. The first-order valence-electron chi connectivity index (χ1n) is 9.05. The van der Waals surface area contributed by atoms with Crippen LogP contribution in [0.2, 0.25) is 0 Å². The first-order valence-corrected chi connectivity index (χ1v) is 9.05. The molecule has 0 fully saturated rings. The Balaban J connectivity index is 1.75. The molecule has 1 nitrogen and oxygen atoms in total. The topological polar surface area (TPSA) is 19.9 Å². The molecule has 0 unspecified atom stereocenters. The molecule has 0 aliphatic heterocycles. The van der Waals surface area contributed by atoms with Crippen LogP contribution in [-0.2, 0) is 11.5 Å². The van der Waals surface area contributed by atoms with Crippen molar-refractivity contribution in [2.75, 3.05) is 6.61 Å². The molecule has 0 saturated carbocycles. The van der Waals surface area contributed by atoms with Crippen LogP contribution < -0.4 is 0 Å². The molecule has 0 N–H and O–H groups in total. The van der Waals surface area contributed by atoms with Crippen LogP contribution in [0, 0.1) is 0 Å². The Morgan fingerprint density at radius 1 is 0.524 bits per heavy atom. The van der Waals surface area contributed by atoms with Gasteiger partial charge in [-0.25, -0.2) is 5.11 Å². The first-order chi connectivity index (χ1) is 10.4. The number of rotatable bonds is 14. The number of hydrogen-bond acceptors (Lipinski definition) is 0. The van der Waals surface area contributed by atoms with Crippen molar-refractivity contribution in [3.8, 4) is 0 Å². The van der Waals surface area contributed by atoms with Crippen LogP contribution in [0.4, 0.5) is 0 Å². The van der Waals surface area contributed by atoms with Crippen molar-refractivity contribution in [3.63, 3.8) is 0 Å². The van der Waals surface area contributed by atoms with Gasteiger partial charge in [-0.1, -0.05) is 94.5 Å².